The highest BCUT2D eigenvalue weighted by molar-refractivity contribution is 5.71. The Balaban J connectivity index is 2.15. The Hall–Kier alpha value is -1.49. The first kappa shape index (κ1) is 14.9. The number of hydrogen-bond acceptors (Lipinski definition) is 4. The lowest BCUT2D eigenvalue weighted by atomic mass is 9.92. The van der Waals surface area contributed by atoms with Gasteiger partial charge in [0.15, 0.2) is 0 Å². The van der Waals surface area contributed by atoms with Crippen LogP contribution in [0, 0.1) is 5.92 Å². The van der Waals surface area contributed by atoms with Gasteiger partial charge in [-0.25, -0.2) is 4.79 Å². The summed E-state index contributed by atoms with van der Waals surface area (Å²) >= 11 is 0. The summed E-state index contributed by atoms with van der Waals surface area (Å²) in [5, 5.41) is 3.34. The van der Waals surface area contributed by atoms with E-state index in [-0.39, 0.29) is 6.09 Å². The van der Waals surface area contributed by atoms with Gasteiger partial charge in [-0.1, -0.05) is 0 Å². The minimum atomic E-state index is -0.494. The van der Waals surface area contributed by atoms with Crippen molar-refractivity contribution >= 4 is 6.09 Å². The van der Waals surface area contributed by atoms with Gasteiger partial charge in [0.25, 0.3) is 0 Å². The SMILES string of the molecule is CC(C)(C)OC(=O)N1CC(N)=CC=C1C1CCNCC1. The maximum absolute atomic E-state index is 12.4. The highest BCUT2D eigenvalue weighted by Crippen LogP contribution is 2.28. The Kier molecular flexibility index (Phi) is 4.38. The van der Waals surface area contributed by atoms with Crippen molar-refractivity contribution in [2.45, 2.75) is 39.2 Å². The molecule has 0 radical (unpaired) electrons. The lowest BCUT2D eigenvalue weighted by Gasteiger charge is -2.35. The van der Waals surface area contributed by atoms with Crippen LogP contribution in [0.1, 0.15) is 33.6 Å². The second-order valence-corrected chi connectivity index (χ2v) is 6.42. The normalized spacial score (nSPS) is 21.2. The van der Waals surface area contributed by atoms with E-state index < -0.39 is 5.60 Å². The lowest BCUT2D eigenvalue weighted by molar-refractivity contribution is 0.0300. The molecule has 3 N–H and O–H groups in total. The number of hydrogen-bond donors (Lipinski definition) is 2. The Bertz CT molecular complexity index is 429. The molecule has 0 atom stereocenters. The molecule has 1 fully saturated rings. The highest BCUT2D eigenvalue weighted by atomic mass is 16.6. The fourth-order valence-corrected chi connectivity index (χ4v) is 2.57. The minimum absolute atomic E-state index is 0.307. The number of nitrogens with two attached hydrogens (primary N) is 1. The third-order valence-electron chi connectivity index (χ3n) is 3.49. The van der Waals surface area contributed by atoms with E-state index in [9.17, 15) is 4.79 Å². The third kappa shape index (κ3) is 3.76. The van der Waals surface area contributed by atoms with Gasteiger partial charge in [-0.3, -0.25) is 4.90 Å². The van der Waals surface area contributed by atoms with Crippen LogP contribution in [0.3, 0.4) is 0 Å². The zero-order chi connectivity index (χ0) is 14.8. The molecule has 0 aromatic heterocycles. The van der Waals surface area contributed by atoms with Gasteiger partial charge in [-0.15, -0.1) is 0 Å². The van der Waals surface area contributed by atoms with E-state index in [1.54, 1.807) is 4.90 Å². The Morgan fingerprint density at radius 1 is 1.35 bits per heavy atom. The first-order valence-electron chi connectivity index (χ1n) is 7.24. The lowest BCUT2D eigenvalue weighted by Crippen LogP contribution is -2.43. The molecule has 20 heavy (non-hydrogen) atoms. The largest absolute Gasteiger partial charge is 0.443 e. The van der Waals surface area contributed by atoms with Gasteiger partial charge in [0.2, 0.25) is 0 Å². The van der Waals surface area contributed by atoms with Crippen molar-refractivity contribution in [1.82, 2.24) is 10.2 Å². The quantitative estimate of drug-likeness (QED) is 0.770. The number of nitrogens with zero attached hydrogens (tertiary/aromatic N) is 1. The van der Waals surface area contributed by atoms with Crippen LogP contribution in [-0.4, -0.2) is 36.2 Å². The third-order valence-corrected chi connectivity index (χ3v) is 3.49. The van der Waals surface area contributed by atoms with Gasteiger partial charge in [0.1, 0.15) is 5.60 Å². The van der Waals surface area contributed by atoms with E-state index in [2.05, 4.69) is 5.32 Å². The van der Waals surface area contributed by atoms with Gasteiger partial charge in [-0.2, -0.15) is 0 Å². The molecular weight excluding hydrogens is 254 g/mol. The number of allylic oxidation sites excluding steroid dienone is 3. The zero-order valence-corrected chi connectivity index (χ0v) is 12.6. The number of piperidine rings is 1. The topological polar surface area (TPSA) is 67.6 Å². The maximum Gasteiger partial charge on any atom is 0.414 e. The molecule has 0 bridgehead atoms. The summed E-state index contributed by atoms with van der Waals surface area (Å²) in [5.74, 6) is 0.396. The standard InChI is InChI=1S/C15H25N3O2/c1-15(2,3)20-14(19)18-10-12(16)4-5-13(18)11-6-8-17-9-7-11/h4-5,11,17H,6-10,16H2,1-3H3. The van der Waals surface area contributed by atoms with Crippen molar-refractivity contribution in [1.29, 1.82) is 0 Å². The maximum atomic E-state index is 12.4. The molecule has 5 heteroatoms. The fourth-order valence-electron chi connectivity index (χ4n) is 2.57. The van der Waals surface area contributed by atoms with Crippen molar-refractivity contribution < 1.29 is 9.53 Å². The van der Waals surface area contributed by atoms with Gasteiger partial charge >= 0.3 is 6.09 Å². The molecule has 1 amide bonds. The fraction of sp³-hybridized carbons (Fsp3) is 0.667. The summed E-state index contributed by atoms with van der Waals surface area (Å²) in [6.45, 7) is 8.03. The van der Waals surface area contributed by atoms with Crippen molar-refractivity contribution in [3.8, 4) is 0 Å². The number of carbonyl (C=O) groups excluding carboxylic acids is 1. The summed E-state index contributed by atoms with van der Waals surface area (Å²) in [5.41, 5.74) is 7.10. The van der Waals surface area contributed by atoms with Crippen LogP contribution in [0.5, 0.6) is 0 Å². The van der Waals surface area contributed by atoms with Crippen LogP contribution in [0.2, 0.25) is 0 Å². The first-order chi connectivity index (χ1) is 9.37. The van der Waals surface area contributed by atoms with E-state index in [4.69, 9.17) is 10.5 Å². The van der Waals surface area contributed by atoms with Crippen LogP contribution in [0.4, 0.5) is 4.79 Å². The number of ether oxygens (including phenoxy) is 1. The summed E-state index contributed by atoms with van der Waals surface area (Å²) in [6.07, 6.45) is 5.65. The molecule has 2 aliphatic heterocycles. The van der Waals surface area contributed by atoms with Crippen LogP contribution in [-0.2, 0) is 4.74 Å². The smallest absolute Gasteiger partial charge is 0.414 e. The molecular formula is C15H25N3O2. The minimum Gasteiger partial charge on any atom is -0.443 e. The van der Waals surface area contributed by atoms with Gasteiger partial charge in [0.05, 0.1) is 6.54 Å². The first-order valence-corrected chi connectivity index (χ1v) is 7.24. The predicted molar refractivity (Wildman–Crippen MR) is 78.9 cm³/mol. The molecule has 0 aromatic carbocycles. The predicted octanol–water partition coefficient (Wildman–Crippen LogP) is 1.96. The summed E-state index contributed by atoms with van der Waals surface area (Å²) in [4.78, 5) is 14.1. The summed E-state index contributed by atoms with van der Waals surface area (Å²) in [7, 11) is 0. The van der Waals surface area contributed by atoms with E-state index in [0.717, 1.165) is 31.6 Å². The van der Waals surface area contributed by atoms with Crippen molar-refractivity contribution in [3.05, 3.63) is 23.5 Å². The number of carbonyl (C=O) groups is 1. The Labute approximate surface area is 120 Å². The van der Waals surface area contributed by atoms with E-state index in [0.29, 0.717) is 18.2 Å². The average molecular weight is 279 g/mol. The van der Waals surface area contributed by atoms with E-state index in [1.165, 1.54) is 0 Å². The second kappa shape index (κ2) is 5.87. The molecule has 2 heterocycles. The van der Waals surface area contributed by atoms with Gasteiger partial charge in [0, 0.05) is 17.3 Å². The van der Waals surface area contributed by atoms with Crippen LogP contribution in [0.25, 0.3) is 0 Å². The molecule has 5 nitrogen and oxygen atoms in total. The molecule has 0 spiro atoms. The Morgan fingerprint density at radius 2 is 2.00 bits per heavy atom. The Morgan fingerprint density at radius 3 is 2.60 bits per heavy atom. The van der Waals surface area contributed by atoms with Gasteiger partial charge < -0.3 is 15.8 Å². The molecule has 0 aliphatic carbocycles. The second-order valence-electron chi connectivity index (χ2n) is 6.42. The van der Waals surface area contributed by atoms with Crippen LogP contribution < -0.4 is 11.1 Å². The van der Waals surface area contributed by atoms with Crippen molar-refractivity contribution in [3.63, 3.8) is 0 Å². The summed E-state index contributed by atoms with van der Waals surface area (Å²) in [6, 6.07) is 0. The molecule has 2 aliphatic rings. The number of rotatable bonds is 1. The monoisotopic (exact) mass is 279 g/mol. The van der Waals surface area contributed by atoms with Crippen LogP contribution >= 0.6 is 0 Å². The molecule has 0 aromatic rings. The molecule has 0 unspecified atom stereocenters. The molecule has 2 rings (SSSR count). The van der Waals surface area contributed by atoms with Crippen LogP contribution in [0.15, 0.2) is 23.5 Å². The number of amides is 1. The van der Waals surface area contributed by atoms with Crippen molar-refractivity contribution in [2.75, 3.05) is 19.6 Å². The zero-order valence-electron chi connectivity index (χ0n) is 12.6. The van der Waals surface area contributed by atoms with Gasteiger partial charge in [-0.05, 0) is 58.9 Å². The average Bonchev–Trinajstić information content (AvgIpc) is 2.37. The highest BCUT2D eigenvalue weighted by Gasteiger charge is 2.31. The van der Waals surface area contributed by atoms with E-state index in [1.807, 2.05) is 32.9 Å². The molecule has 112 valence electrons. The number of nitrogens with one attached hydrogen (secondary N) is 1. The molecule has 1 saturated heterocycles. The summed E-state index contributed by atoms with van der Waals surface area (Å²) < 4.78 is 5.49. The van der Waals surface area contributed by atoms with E-state index >= 15 is 0 Å². The molecule has 0 saturated carbocycles. The van der Waals surface area contributed by atoms with Crippen molar-refractivity contribution in [2.24, 2.45) is 11.7 Å².